The molecule has 1 heterocycles. The van der Waals surface area contributed by atoms with Crippen LogP contribution in [0.25, 0.3) is 11.1 Å². The molecule has 1 atom stereocenters. The van der Waals surface area contributed by atoms with Gasteiger partial charge in [-0.1, -0.05) is 60.7 Å². The van der Waals surface area contributed by atoms with Crippen molar-refractivity contribution in [1.29, 1.82) is 0 Å². The minimum Gasteiger partial charge on any atom is -0.448 e. The summed E-state index contributed by atoms with van der Waals surface area (Å²) in [6.45, 7) is -0.224. The van der Waals surface area contributed by atoms with Crippen molar-refractivity contribution in [3.63, 3.8) is 0 Å². The molecule has 180 valence electrons. The number of hydrogen-bond donors (Lipinski definition) is 0. The van der Waals surface area contributed by atoms with Crippen molar-refractivity contribution in [2.24, 2.45) is 0 Å². The van der Waals surface area contributed by atoms with Crippen LogP contribution in [0.1, 0.15) is 22.6 Å². The van der Waals surface area contributed by atoms with Crippen LogP contribution >= 0.6 is 0 Å². The van der Waals surface area contributed by atoms with E-state index in [0.29, 0.717) is 5.56 Å². The standard InChI is InChI=1S/C26H20F3NO5/c27-26(28,29)35-17-7-5-6-16(12-17)13-23-24(31)34-15-30(23)25(32)33-14-22-20-10-3-1-8-18(20)19-9-2-4-11-21(19)22/h1-12,22-23H,13-15H2/t23-/m0/s1. The van der Waals surface area contributed by atoms with Crippen LogP contribution in [0.3, 0.4) is 0 Å². The predicted octanol–water partition coefficient (Wildman–Crippen LogP) is 5.26. The Labute approximate surface area is 198 Å². The van der Waals surface area contributed by atoms with Crippen molar-refractivity contribution < 1.29 is 37.0 Å². The lowest BCUT2D eigenvalue weighted by molar-refractivity contribution is -0.274. The Balaban J connectivity index is 1.29. The van der Waals surface area contributed by atoms with Crippen molar-refractivity contribution >= 4 is 12.1 Å². The van der Waals surface area contributed by atoms with Crippen LogP contribution in [0, 0.1) is 0 Å². The summed E-state index contributed by atoms with van der Waals surface area (Å²) in [5, 5.41) is 0. The first-order valence-electron chi connectivity index (χ1n) is 10.9. The Morgan fingerprint density at radius 2 is 1.63 bits per heavy atom. The van der Waals surface area contributed by atoms with Gasteiger partial charge in [-0.05, 0) is 39.9 Å². The fraction of sp³-hybridized carbons (Fsp3) is 0.231. The van der Waals surface area contributed by atoms with Crippen molar-refractivity contribution in [3.05, 3.63) is 89.5 Å². The van der Waals surface area contributed by atoms with E-state index in [1.807, 2.05) is 48.5 Å². The summed E-state index contributed by atoms with van der Waals surface area (Å²) in [6.07, 6.45) is -5.61. The molecular weight excluding hydrogens is 463 g/mol. The zero-order chi connectivity index (χ0) is 24.6. The van der Waals surface area contributed by atoms with E-state index in [9.17, 15) is 22.8 Å². The van der Waals surface area contributed by atoms with E-state index in [4.69, 9.17) is 9.47 Å². The van der Waals surface area contributed by atoms with Crippen LogP contribution < -0.4 is 4.74 Å². The van der Waals surface area contributed by atoms with Crippen molar-refractivity contribution in [2.75, 3.05) is 13.3 Å². The highest BCUT2D eigenvalue weighted by Gasteiger charge is 2.40. The monoisotopic (exact) mass is 483 g/mol. The van der Waals surface area contributed by atoms with E-state index in [1.54, 1.807) is 6.07 Å². The van der Waals surface area contributed by atoms with Crippen molar-refractivity contribution in [2.45, 2.75) is 24.7 Å². The maximum absolute atomic E-state index is 12.9. The first-order valence-corrected chi connectivity index (χ1v) is 10.9. The third-order valence-corrected chi connectivity index (χ3v) is 6.13. The Kier molecular flexibility index (Phi) is 5.84. The Morgan fingerprint density at radius 1 is 0.971 bits per heavy atom. The van der Waals surface area contributed by atoms with Gasteiger partial charge in [-0.2, -0.15) is 0 Å². The van der Waals surface area contributed by atoms with Gasteiger partial charge >= 0.3 is 18.4 Å². The fourth-order valence-electron chi connectivity index (χ4n) is 4.59. The summed E-state index contributed by atoms with van der Waals surface area (Å²) in [7, 11) is 0. The van der Waals surface area contributed by atoms with Gasteiger partial charge in [0, 0.05) is 12.3 Å². The van der Waals surface area contributed by atoms with Crippen molar-refractivity contribution in [1.82, 2.24) is 4.90 Å². The first-order chi connectivity index (χ1) is 16.8. The zero-order valence-electron chi connectivity index (χ0n) is 18.3. The molecule has 0 unspecified atom stereocenters. The van der Waals surface area contributed by atoms with Gasteiger partial charge in [0.1, 0.15) is 18.4 Å². The second-order valence-electron chi connectivity index (χ2n) is 8.28. The lowest BCUT2D eigenvalue weighted by Gasteiger charge is -2.22. The van der Waals surface area contributed by atoms with Crippen LogP contribution in [0.4, 0.5) is 18.0 Å². The molecule has 1 saturated heterocycles. The molecule has 5 rings (SSSR count). The van der Waals surface area contributed by atoms with Gasteiger partial charge in [-0.15, -0.1) is 13.2 Å². The summed E-state index contributed by atoms with van der Waals surface area (Å²) in [5.74, 6) is -1.21. The third-order valence-electron chi connectivity index (χ3n) is 6.13. The number of carbonyl (C=O) groups is 2. The number of ether oxygens (including phenoxy) is 3. The molecule has 0 N–H and O–H groups in total. The lowest BCUT2D eigenvalue weighted by atomic mass is 9.98. The van der Waals surface area contributed by atoms with E-state index in [0.717, 1.165) is 33.2 Å². The number of rotatable bonds is 5. The molecule has 2 aliphatic rings. The average molecular weight is 483 g/mol. The van der Waals surface area contributed by atoms with Gasteiger partial charge in [-0.3, -0.25) is 4.90 Å². The number of benzene rings is 3. The van der Waals surface area contributed by atoms with Gasteiger partial charge in [0.2, 0.25) is 0 Å². The molecule has 0 bridgehead atoms. The Bertz CT molecular complexity index is 1230. The maximum Gasteiger partial charge on any atom is 0.573 e. The number of cyclic esters (lactones) is 1. The van der Waals surface area contributed by atoms with E-state index in [-0.39, 0.29) is 25.7 Å². The average Bonchev–Trinajstić information content (AvgIpc) is 3.34. The molecule has 3 aromatic rings. The molecule has 35 heavy (non-hydrogen) atoms. The van der Waals surface area contributed by atoms with Crippen LogP contribution in [-0.4, -0.2) is 42.7 Å². The number of fused-ring (bicyclic) bond motifs is 3. The van der Waals surface area contributed by atoms with E-state index in [1.165, 1.54) is 12.1 Å². The van der Waals surface area contributed by atoms with Crippen molar-refractivity contribution in [3.8, 4) is 16.9 Å². The molecule has 6 nitrogen and oxygen atoms in total. The maximum atomic E-state index is 12.9. The number of amides is 1. The summed E-state index contributed by atoms with van der Waals surface area (Å²) in [6, 6.07) is 20.1. The molecular formula is C26H20F3NO5. The number of halogens is 3. The SMILES string of the molecule is O=C1OCN(C(=O)OCC2c3ccccc3-c3ccccc32)[C@H]1Cc1cccc(OC(F)(F)F)c1. The molecule has 9 heteroatoms. The molecule has 3 aromatic carbocycles. The zero-order valence-corrected chi connectivity index (χ0v) is 18.3. The summed E-state index contributed by atoms with van der Waals surface area (Å²) >= 11 is 0. The molecule has 0 spiro atoms. The predicted molar refractivity (Wildman–Crippen MR) is 118 cm³/mol. The fourth-order valence-corrected chi connectivity index (χ4v) is 4.59. The Morgan fingerprint density at radius 3 is 2.29 bits per heavy atom. The summed E-state index contributed by atoms with van der Waals surface area (Å²) < 4.78 is 52.2. The largest absolute Gasteiger partial charge is 0.573 e. The van der Waals surface area contributed by atoms with E-state index in [2.05, 4.69) is 4.74 Å². The Hall–Kier alpha value is -4.01. The van der Waals surface area contributed by atoms with Gasteiger partial charge in [0.25, 0.3) is 0 Å². The molecule has 1 aliphatic heterocycles. The first kappa shape index (κ1) is 22.8. The second-order valence-corrected chi connectivity index (χ2v) is 8.28. The number of nitrogens with zero attached hydrogens (tertiary/aromatic N) is 1. The highest BCUT2D eigenvalue weighted by atomic mass is 19.4. The minimum absolute atomic E-state index is 0.0436. The van der Waals surface area contributed by atoms with Gasteiger partial charge in [-0.25, -0.2) is 9.59 Å². The van der Waals surface area contributed by atoms with Crippen LogP contribution in [0.2, 0.25) is 0 Å². The van der Waals surface area contributed by atoms with Gasteiger partial charge < -0.3 is 14.2 Å². The number of alkyl halides is 3. The molecule has 1 aliphatic carbocycles. The van der Waals surface area contributed by atoms with E-state index < -0.39 is 30.2 Å². The van der Waals surface area contributed by atoms with Crippen LogP contribution in [0.5, 0.6) is 5.75 Å². The van der Waals surface area contributed by atoms with Gasteiger partial charge in [0.15, 0.2) is 6.73 Å². The highest BCUT2D eigenvalue weighted by Crippen LogP contribution is 2.44. The second kappa shape index (κ2) is 8.98. The molecule has 0 saturated carbocycles. The van der Waals surface area contributed by atoms with E-state index >= 15 is 0 Å². The molecule has 1 fully saturated rings. The number of hydrogen-bond acceptors (Lipinski definition) is 5. The third kappa shape index (κ3) is 4.66. The highest BCUT2D eigenvalue weighted by molar-refractivity contribution is 5.84. The molecule has 0 aromatic heterocycles. The minimum atomic E-state index is -4.84. The summed E-state index contributed by atoms with van der Waals surface area (Å²) in [4.78, 5) is 26.4. The molecule has 1 amide bonds. The topological polar surface area (TPSA) is 65.1 Å². The van der Waals surface area contributed by atoms with Crippen LogP contribution in [-0.2, 0) is 20.7 Å². The smallest absolute Gasteiger partial charge is 0.448 e. The quantitative estimate of drug-likeness (QED) is 0.463. The lowest BCUT2D eigenvalue weighted by Crippen LogP contribution is -2.40. The summed E-state index contributed by atoms with van der Waals surface area (Å²) in [5.41, 5.74) is 4.65. The number of carbonyl (C=O) groups excluding carboxylic acids is 2. The van der Waals surface area contributed by atoms with Crippen LogP contribution in [0.15, 0.2) is 72.8 Å². The molecule has 0 radical (unpaired) electrons. The normalized spacial score (nSPS) is 17.1. The van der Waals surface area contributed by atoms with Gasteiger partial charge in [0.05, 0.1) is 0 Å². The number of esters is 1.